The summed E-state index contributed by atoms with van der Waals surface area (Å²) < 4.78 is 0. The molecule has 0 aromatic rings. The summed E-state index contributed by atoms with van der Waals surface area (Å²) in [4.78, 5) is 0. The monoisotopic (exact) mass is 191 g/mol. The van der Waals surface area contributed by atoms with Gasteiger partial charge in [0.25, 0.3) is 0 Å². The van der Waals surface area contributed by atoms with E-state index in [-0.39, 0.29) is 0 Å². The molecule has 0 spiro atoms. The molecular formula is C13H21N. The summed E-state index contributed by atoms with van der Waals surface area (Å²) in [6.07, 6.45) is 11.2. The zero-order valence-corrected chi connectivity index (χ0v) is 8.97. The van der Waals surface area contributed by atoms with Crippen LogP contribution in [0.5, 0.6) is 0 Å². The van der Waals surface area contributed by atoms with Gasteiger partial charge in [0.05, 0.1) is 0 Å². The molecule has 1 saturated carbocycles. The van der Waals surface area contributed by atoms with E-state index >= 15 is 0 Å². The summed E-state index contributed by atoms with van der Waals surface area (Å²) in [5, 5.41) is 0. The average molecular weight is 191 g/mol. The third kappa shape index (κ3) is 1.25. The highest BCUT2D eigenvalue weighted by molar-refractivity contribution is 5.26. The summed E-state index contributed by atoms with van der Waals surface area (Å²) in [7, 11) is 0. The first kappa shape index (κ1) is 8.96. The van der Waals surface area contributed by atoms with Crippen molar-refractivity contribution >= 4 is 0 Å². The predicted octanol–water partition coefficient (Wildman–Crippen LogP) is 3.00. The minimum atomic E-state index is 0.514. The number of nitrogens with two attached hydrogens (primary N) is 1. The molecule has 3 rings (SSSR count). The van der Waals surface area contributed by atoms with Crippen molar-refractivity contribution in [3.05, 3.63) is 11.1 Å². The van der Waals surface area contributed by atoms with Crippen molar-refractivity contribution in [2.75, 3.05) is 0 Å². The Morgan fingerprint density at radius 2 is 1.86 bits per heavy atom. The Bertz CT molecular complexity index is 266. The van der Waals surface area contributed by atoms with E-state index in [1.807, 2.05) is 5.57 Å². The second kappa shape index (κ2) is 3.37. The second-order valence-electron chi connectivity index (χ2n) is 5.41. The van der Waals surface area contributed by atoms with Crippen LogP contribution in [0.1, 0.15) is 51.4 Å². The lowest BCUT2D eigenvalue weighted by Crippen LogP contribution is -2.45. The topological polar surface area (TPSA) is 26.0 Å². The molecular weight excluding hydrogens is 170 g/mol. The summed E-state index contributed by atoms with van der Waals surface area (Å²) in [5.74, 6) is 1.63. The van der Waals surface area contributed by atoms with Crippen LogP contribution in [0, 0.1) is 11.8 Å². The van der Waals surface area contributed by atoms with Gasteiger partial charge in [-0.25, -0.2) is 0 Å². The fraction of sp³-hybridized carbons (Fsp3) is 0.846. The van der Waals surface area contributed by atoms with Gasteiger partial charge in [-0.3, -0.25) is 0 Å². The number of hydrogen-bond acceptors (Lipinski definition) is 1. The number of rotatable bonds is 0. The van der Waals surface area contributed by atoms with Crippen LogP contribution in [0.25, 0.3) is 0 Å². The molecule has 78 valence electrons. The van der Waals surface area contributed by atoms with Gasteiger partial charge in [0.2, 0.25) is 0 Å². The molecule has 0 amide bonds. The molecule has 0 aliphatic heterocycles. The molecule has 1 nitrogen and oxygen atoms in total. The zero-order chi connectivity index (χ0) is 9.54. The van der Waals surface area contributed by atoms with Crippen molar-refractivity contribution in [1.82, 2.24) is 0 Å². The van der Waals surface area contributed by atoms with Crippen LogP contribution in [0.15, 0.2) is 11.1 Å². The van der Waals surface area contributed by atoms with Gasteiger partial charge in [0, 0.05) is 6.04 Å². The Balaban J connectivity index is 1.95. The quantitative estimate of drug-likeness (QED) is 0.585. The van der Waals surface area contributed by atoms with E-state index in [1.54, 1.807) is 5.57 Å². The van der Waals surface area contributed by atoms with Crippen molar-refractivity contribution in [3.63, 3.8) is 0 Å². The Hall–Kier alpha value is -0.300. The standard InChI is InChI=1S/C13H21N/c14-13-10-5-3-7-12(13)11-6-2-1-4-9(11)8-10/h10,12-13H,1-8,14H2/t10-,12+,13+/m0/s1. The van der Waals surface area contributed by atoms with Crippen LogP contribution in [0.2, 0.25) is 0 Å². The summed E-state index contributed by atoms with van der Waals surface area (Å²) in [6, 6.07) is 0.514. The smallest absolute Gasteiger partial charge is 0.0136 e. The molecule has 0 unspecified atom stereocenters. The van der Waals surface area contributed by atoms with Gasteiger partial charge in [0.1, 0.15) is 0 Å². The van der Waals surface area contributed by atoms with Crippen LogP contribution in [0.4, 0.5) is 0 Å². The highest BCUT2D eigenvalue weighted by atomic mass is 14.7. The number of allylic oxidation sites excluding steroid dienone is 1. The first-order valence-corrected chi connectivity index (χ1v) is 6.32. The summed E-state index contributed by atoms with van der Waals surface area (Å²) in [5.41, 5.74) is 9.99. The zero-order valence-electron chi connectivity index (χ0n) is 8.97. The van der Waals surface area contributed by atoms with Crippen LogP contribution < -0.4 is 5.73 Å². The lowest BCUT2D eigenvalue weighted by Gasteiger charge is -2.44. The Morgan fingerprint density at radius 3 is 2.79 bits per heavy atom. The second-order valence-corrected chi connectivity index (χ2v) is 5.41. The van der Waals surface area contributed by atoms with Crippen LogP contribution in [-0.4, -0.2) is 6.04 Å². The third-order valence-corrected chi connectivity index (χ3v) is 4.68. The predicted molar refractivity (Wildman–Crippen MR) is 58.9 cm³/mol. The molecule has 1 heteroatoms. The summed E-state index contributed by atoms with van der Waals surface area (Å²) in [6.45, 7) is 0. The maximum Gasteiger partial charge on any atom is 0.0136 e. The average Bonchev–Trinajstić information content (AvgIpc) is 2.18. The maximum atomic E-state index is 6.36. The summed E-state index contributed by atoms with van der Waals surface area (Å²) >= 11 is 0. The van der Waals surface area contributed by atoms with Crippen molar-refractivity contribution < 1.29 is 0 Å². The van der Waals surface area contributed by atoms with Crippen LogP contribution in [-0.2, 0) is 0 Å². The van der Waals surface area contributed by atoms with Gasteiger partial charge in [-0.2, -0.15) is 0 Å². The molecule has 0 aromatic heterocycles. The molecule has 0 aromatic carbocycles. The Morgan fingerprint density at radius 1 is 1.00 bits per heavy atom. The highest BCUT2D eigenvalue weighted by Crippen LogP contribution is 2.47. The van der Waals surface area contributed by atoms with Gasteiger partial charge >= 0.3 is 0 Å². The maximum absolute atomic E-state index is 6.36. The fourth-order valence-electron chi connectivity index (χ4n) is 3.95. The first-order chi connectivity index (χ1) is 6.86. The highest BCUT2D eigenvalue weighted by Gasteiger charge is 2.38. The molecule has 2 N–H and O–H groups in total. The van der Waals surface area contributed by atoms with E-state index in [2.05, 4.69) is 0 Å². The molecule has 2 bridgehead atoms. The van der Waals surface area contributed by atoms with Crippen LogP contribution >= 0.6 is 0 Å². The van der Waals surface area contributed by atoms with Crippen molar-refractivity contribution in [3.8, 4) is 0 Å². The minimum Gasteiger partial charge on any atom is -0.327 e. The van der Waals surface area contributed by atoms with Crippen molar-refractivity contribution in [2.45, 2.75) is 57.4 Å². The van der Waals surface area contributed by atoms with Crippen molar-refractivity contribution in [2.24, 2.45) is 17.6 Å². The lowest BCUT2D eigenvalue weighted by atomic mass is 9.63. The van der Waals surface area contributed by atoms with Gasteiger partial charge in [-0.05, 0) is 56.8 Å². The molecule has 0 heterocycles. The minimum absolute atomic E-state index is 0.514. The van der Waals surface area contributed by atoms with Gasteiger partial charge in [0.15, 0.2) is 0 Å². The van der Waals surface area contributed by atoms with E-state index in [9.17, 15) is 0 Å². The molecule has 0 radical (unpaired) electrons. The van der Waals surface area contributed by atoms with Gasteiger partial charge in [-0.1, -0.05) is 17.6 Å². The Labute approximate surface area is 86.8 Å². The van der Waals surface area contributed by atoms with E-state index in [4.69, 9.17) is 5.73 Å². The van der Waals surface area contributed by atoms with E-state index in [0.29, 0.717) is 6.04 Å². The van der Waals surface area contributed by atoms with E-state index < -0.39 is 0 Å². The largest absolute Gasteiger partial charge is 0.327 e. The molecule has 3 aliphatic rings. The van der Waals surface area contributed by atoms with E-state index in [1.165, 1.54) is 51.4 Å². The Kier molecular flexibility index (Phi) is 2.16. The molecule has 3 atom stereocenters. The third-order valence-electron chi connectivity index (χ3n) is 4.68. The van der Waals surface area contributed by atoms with Crippen LogP contribution in [0.3, 0.4) is 0 Å². The molecule has 1 fully saturated rings. The molecule has 3 aliphatic carbocycles. The first-order valence-electron chi connectivity index (χ1n) is 6.32. The normalized spacial score (nSPS) is 42.2. The number of hydrogen-bond donors (Lipinski definition) is 1. The SMILES string of the molecule is N[C@@H]1[C@H]2CCC[C@@H]1C1=C(CCCC1)C2. The fourth-order valence-corrected chi connectivity index (χ4v) is 3.95. The van der Waals surface area contributed by atoms with E-state index in [0.717, 1.165) is 11.8 Å². The molecule has 0 saturated heterocycles. The van der Waals surface area contributed by atoms with Gasteiger partial charge < -0.3 is 5.73 Å². The van der Waals surface area contributed by atoms with Crippen molar-refractivity contribution in [1.29, 1.82) is 0 Å². The molecule has 14 heavy (non-hydrogen) atoms. The lowest BCUT2D eigenvalue weighted by molar-refractivity contribution is 0.213. The van der Waals surface area contributed by atoms with Gasteiger partial charge in [-0.15, -0.1) is 0 Å². The number of fused-ring (bicyclic) bond motifs is 3.